The maximum atomic E-state index is 12.7. The Morgan fingerprint density at radius 1 is 1.11 bits per heavy atom. The highest BCUT2D eigenvalue weighted by atomic mass is 32.2. The quantitative estimate of drug-likeness (QED) is 0.590. The van der Waals surface area contributed by atoms with E-state index >= 15 is 0 Å². The number of aromatic nitrogens is 2. The summed E-state index contributed by atoms with van der Waals surface area (Å²) in [5.41, 5.74) is 0.0664. The molecule has 1 aromatic rings. The molecule has 4 saturated carbocycles. The summed E-state index contributed by atoms with van der Waals surface area (Å²) in [4.78, 5) is 27.8. The molecule has 5 aliphatic rings. The van der Waals surface area contributed by atoms with Crippen molar-refractivity contribution in [1.29, 1.82) is 0 Å². The fraction of sp³-hybridized carbons (Fsp3) is 0.800. The molecule has 4 N–H and O–H groups in total. The summed E-state index contributed by atoms with van der Waals surface area (Å²) in [6.45, 7) is -0.109. The third-order valence-electron chi connectivity index (χ3n) is 7.27. The Labute approximate surface area is 168 Å². The normalized spacial score (nSPS) is 41.0. The zero-order chi connectivity index (χ0) is 20.1. The summed E-state index contributed by atoms with van der Waals surface area (Å²) < 4.78 is 1.60. The van der Waals surface area contributed by atoms with E-state index < -0.39 is 11.8 Å². The smallest absolute Gasteiger partial charge is 0.329 e. The van der Waals surface area contributed by atoms with Gasteiger partial charge in [-0.1, -0.05) is 0 Å². The van der Waals surface area contributed by atoms with E-state index in [4.69, 9.17) is 5.11 Å². The Balaban J connectivity index is 0.000000932. The molecule has 0 radical (unpaired) electrons. The summed E-state index contributed by atoms with van der Waals surface area (Å²) in [5.74, 6) is 2.17. The minimum absolute atomic E-state index is 0.0734. The lowest BCUT2D eigenvalue weighted by Crippen LogP contribution is -2.51. The first-order chi connectivity index (χ1) is 13.5. The predicted molar refractivity (Wildman–Crippen MR) is 107 cm³/mol. The van der Waals surface area contributed by atoms with E-state index in [9.17, 15) is 19.8 Å². The fourth-order valence-corrected chi connectivity index (χ4v) is 7.95. The third kappa shape index (κ3) is 3.28. The van der Waals surface area contributed by atoms with Crippen LogP contribution in [0.4, 0.5) is 0 Å². The first kappa shape index (κ1) is 20.2. The minimum atomic E-state index is -0.628. The topological polar surface area (TPSA) is 116 Å². The molecule has 0 spiro atoms. The Kier molecular flexibility index (Phi) is 5.50. The van der Waals surface area contributed by atoms with Crippen LogP contribution in [0.15, 0.2) is 15.8 Å². The summed E-state index contributed by atoms with van der Waals surface area (Å²) in [7, 11) is 1.00. The van der Waals surface area contributed by atoms with Gasteiger partial charge in [-0.15, -0.1) is 11.8 Å². The molecule has 6 rings (SSSR count). The molecule has 0 aromatic carbocycles. The van der Waals surface area contributed by atoms with Gasteiger partial charge in [-0.2, -0.15) is 0 Å². The Morgan fingerprint density at radius 2 is 1.68 bits per heavy atom. The maximum absolute atomic E-state index is 12.7. The number of aromatic amines is 1. The van der Waals surface area contributed by atoms with E-state index in [1.807, 2.05) is 0 Å². The van der Waals surface area contributed by atoms with Crippen LogP contribution >= 0.6 is 11.8 Å². The number of H-pyrrole nitrogens is 1. The molecule has 156 valence electrons. The molecule has 2 heterocycles. The molecule has 3 atom stereocenters. The van der Waals surface area contributed by atoms with Gasteiger partial charge in [-0.05, 0) is 56.3 Å². The van der Waals surface area contributed by atoms with E-state index in [1.54, 1.807) is 10.8 Å². The van der Waals surface area contributed by atoms with Crippen molar-refractivity contribution in [3.63, 3.8) is 0 Å². The predicted octanol–water partition coefficient (Wildman–Crippen LogP) is 0.970. The molecule has 0 amide bonds. The number of hydrogen-bond donors (Lipinski definition) is 4. The third-order valence-corrected chi connectivity index (χ3v) is 8.82. The Morgan fingerprint density at radius 3 is 2.18 bits per heavy atom. The monoisotopic (exact) mass is 410 g/mol. The van der Waals surface area contributed by atoms with Gasteiger partial charge >= 0.3 is 5.69 Å². The molecule has 4 bridgehead atoms. The second-order valence-electron chi connectivity index (χ2n) is 9.02. The lowest BCUT2D eigenvalue weighted by Gasteiger charge is -2.56. The maximum Gasteiger partial charge on any atom is 0.329 e. The molecule has 1 aromatic heterocycles. The largest absolute Gasteiger partial charge is 0.400 e. The average Bonchev–Trinajstić information content (AvgIpc) is 3.02. The van der Waals surface area contributed by atoms with E-state index in [-0.39, 0.29) is 28.2 Å². The van der Waals surface area contributed by atoms with Crippen LogP contribution in [0, 0.1) is 17.8 Å². The number of thioether (sulfide) groups is 1. The van der Waals surface area contributed by atoms with Crippen LogP contribution in [-0.4, -0.2) is 49.9 Å². The number of hydrogen-bond acceptors (Lipinski definition) is 6. The van der Waals surface area contributed by atoms with Crippen molar-refractivity contribution in [2.24, 2.45) is 17.8 Å². The van der Waals surface area contributed by atoms with Crippen molar-refractivity contribution >= 4 is 11.8 Å². The van der Waals surface area contributed by atoms with Gasteiger partial charge in [-0.25, -0.2) is 4.79 Å². The zero-order valence-electron chi connectivity index (χ0n) is 16.2. The van der Waals surface area contributed by atoms with Gasteiger partial charge in [0.1, 0.15) is 0 Å². The molecule has 28 heavy (non-hydrogen) atoms. The minimum Gasteiger partial charge on any atom is -0.400 e. The lowest BCUT2D eigenvalue weighted by atomic mass is 9.48. The summed E-state index contributed by atoms with van der Waals surface area (Å²) in [6, 6.07) is 0. The molecule has 0 unspecified atom stereocenters. The molecular weight excluding hydrogens is 380 g/mol. The van der Waals surface area contributed by atoms with Gasteiger partial charge in [0.15, 0.2) is 0 Å². The number of aliphatic hydroxyl groups is 3. The van der Waals surface area contributed by atoms with Crippen molar-refractivity contribution in [2.45, 2.75) is 67.1 Å². The fourth-order valence-electron chi connectivity index (χ4n) is 6.57. The van der Waals surface area contributed by atoms with Gasteiger partial charge in [0.2, 0.25) is 0 Å². The molecule has 4 aliphatic carbocycles. The van der Waals surface area contributed by atoms with E-state index in [0.717, 1.165) is 49.7 Å². The van der Waals surface area contributed by atoms with Crippen molar-refractivity contribution in [3.05, 3.63) is 32.6 Å². The van der Waals surface area contributed by atoms with Gasteiger partial charge in [0.25, 0.3) is 5.56 Å². The van der Waals surface area contributed by atoms with Gasteiger partial charge in [0, 0.05) is 30.7 Å². The Hall–Kier alpha value is -1.09. The SMILES string of the molecule is CO.O=c1[nH]c(=O)n([C@@H]2C[C@H](O)[C@@H](CO)S2)cc1C12CC3CC(CC(C3)C1)C2. The first-order valence-electron chi connectivity index (χ1n) is 10.2. The molecule has 1 saturated heterocycles. The van der Waals surface area contributed by atoms with Crippen LogP contribution in [0.2, 0.25) is 0 Å². The molecule has 7 nitrogen and oxygen atoms in total. The average molecular weight is 411 g/mol. The van der Waals surface area contributed by atoms with E-state index in [2.05, 4.69) is 4.98 Å². The van der Waals surface area contributed by atoms with Crippen LogP contribution in [-0.2, 0) is 5.41 Å². The Bertz CT molecular complexity index is 799. The van der Waals surface area contributed by atoms with Gasteiger partial charge in [-0.3, -0.25) is 14.3 Å². The van der Waals surface area contributed by atoms with Crippen LogP contribution in [0.1, 0.15) is 55.9 Å². The number of rotatable bonds is 3. The standard InChI is InChI=1S/C19H26N2O4S.CH4O/c22-9-15-14(23)4-16(26-15)21-8-13(17(24)20-18(21)25)19-5-10-1-11(6-19)3-12(2-10)7-19;1-2/h8,10-12,14-16,22-23H,1-7,9H2,(H,20,24,25);2H,1H3/t10?,11?,12?,14-,15+,16-,19?;/m0./s1. The highest BCUT2D eigenvalue weighted by Gasteiger charge is 2.52. The molecular formula is C20H30N2O5S. The first-order valence-corrected chi connectivity index (χ1v) is 11.2. The molecule has 1 aliphatic heterocycles. The highest BCUT2D eigenvalue weighted by Crippen LogP contribution is 2.60. The second kappa shape index (κ2) is 7.63. The van der Waals surface area contributed by atoms with Crippen molar-refractivity contribution in [3.8, 4) is 0 Å². The summed E-state index contributed by atoms with van der Waals surface area (Å²) in [5, 5.41) is 26.0. The van der Waals surface area contributed by atoms with E-state index in [0.29, 0.717) is 6.42 Å². The van der Waals surface area contributed by atoms with Crippen molar-refractivity contribution < 1.29 is 15.3 Å². The van der Waals surface area contributed by atoms with Crippen molar-refractivity contribution in [1.82, 2.24) is 9.55 Å². The van der Waals surface area contributed by atoms with Crippen LogP contribution < -0.4 is 11.2 Å². The number of nitrogens with zero attached hydrogens (tertiary/aromatic N) is 1. The molecule has 8 heteroatoms. The number of aliphatic hydroxyl groups excluding tert-OH is 3. The zero-order valence-corrected chi connectivity index (χ0v) is 17.0. The van der Waals surface area contributed by atoms with Crippen molar-refractivity contribution in [2.75, 3.05) is 13.7 Å². The van der Waals surface area contributed by atoms with Crippen LogP contribution in [0.5, 0.6) is 0 Å². The van der Waals surface area contributed by atoms with Crippen LogP contribution in [0.3, 0.4) is 0 Å². The van der Waals surface area contributed by atoms with E-state index in [1.165, 1.54) is 31.0 Å². The summed E-state index contributed by atoms with van der Waals surface area (Å²) in [6.07, 6.45) is 8.70. The van der Waals surface area contributed by atoms with Gasteiger partial charge in [0.05, 0.1) is 23.3 Å². The molecule has 5 fully saturated rings. The summed E-state index contributed by atoms with van der Waals surface area (Å²) >= 11 is 1.42. The number of nitrogens with one attached hydrogen (secondary N) is 1. The second-order valence-corrected chi connectivity index (χ2v) is 10.4. The lowest BCUT2D eigenvalue weighted by molar-refractivity contribution is -0.00623. The van der Waals surface area contributed by atoms with Gasteiger partial charge < -0.3 is 15.3 Å². The highest BCUT2D eigenvalue weighted by molar-refractivity contribution is 8.00. The van der Waals surface area contributed by atoms with Crippen LogP contribution in [0.25, 0.3) is 0 Å².